The van der Waals surface area contributed by atoms with Crippen LogP contribution in [0.4, 0.5) is 5.69 Å². The molecule has 0 spiro atoms. The number of amides is 1. The van der Waals surface area contributed by atoms with Crippen molar-refractivity contribution >= 4 is 17.6 Å². The van der Waals surface area contributed by atoms with Crippen LogP contribution < -0.4 is 5.32 Å². The van der Waals surface area contributed by atoms with E-state index in [0.717, 1.165) is 16.7 Å². The topological polar surface area (TPSA) is 66.4 Å². The molecule has 0 saturated carbocycles. The van der Waals surface area contributed by atoms with Crippen molar-refractivity contribution < 1.29 is 14.7 Å². The summed E-state index contributed by atoms with van der Waals surface area (Å²) in [6.07, 6.45) is -0.0350. The molecule has 3 aromatic rings. The summed E-state index contributed by atoms with van der Waals surface area (Å²) in [5.41, 5.74) is 5.13. The van der Waals surface area contributed by atoms with Crippen LogP contribution in [0.3, 0.4) is 0 Å². The molecule has 0 fully saturated rings. The van der Waals surface area contributed by atoms with Crippen LogP contribution in [-0.2, 0) is 11.2 Å². The van der Waals surface area contributed by atoms with Crippen molar-refractivity contribution in [2.45, 2.75) is 13.3 Å². The second kappa shape index (κ2) is 7.66. The molecule has 0 saturated heterocycles. The molecular weight excluding hydrogens is 326 g/mol. The summed E-state index contributed by atoms with van der Waals surface area (Å²) in [4.78, 5) is 23.3. The molecule has 3 rings (SSSR count). The largest absolute Gasteiger partial charge is 0.481 e. The molecule has 0 unspecified atom stereocenters. The van der Waals surface area contributed by atoms with Gasteiger partial charge in [-0.2, -0.15) is 0 Å². The Bertz CT molecular complexity index is 946. The van der Waals surface area contributed by atoms with Crippen molar-refractivity contribution in [3.05, 3.63) is 89.5 Å². The molecular formula is C22H19NO3. The van der Waals surface area contributed by atoms with E-state index in [2.05, 4.69) is 5.32 Å². The minimum absolute atomic E-state index is 0.0350. The third kappa shape index (κ3) is 4.16. The van der Waals surface area contributed by atoms with Gasteiger partial charge >= 0.3 is 5.97 Å². The zero-order valence-electron chi connectivity index (χ0n) is 14.4. The average molecular weight is 345 g/mol. The van der Waals surface area contributed by atoms with Gasteiger partial charge in [-0.05, 0) is 53.4 Å². The van der Waals surface area contributed by atoms with Crippen LogP contribution in [0.2, 0.25) is 0 Å². The number of carbonyl (C=O) groups is 2. The van der Waals surface area contributed by atoms with Gasteiger partial charge in [0, 0.05) is 11.3 Å². The molecule has 0 aliphatic heterocycles. The Kier molecular flexibility index (Phi) is 5.13. The smallest absolute Gasteiger partial charge is 0.307 e. The first-order chi connectivity index (χ1) is 12.5. The summed E-state index contributed by atoms with van der Waals surface area (Å²) in [6, 6.07) is 22.4. The highest BCUT2D eigenvalue weighted by Gasteiger charge is 2.09. The van der Waals surface area contributed by atoms with Crippen molar-refractivity contribution in [2.24, 2.45) is 0 Å². The SMILES string of the molecule is Cc1ccccc1-c1cccc(C(=O)Nc2ccc(CC(=O)O)cc2)c1. The molecule has 3 aromatic carbocycles. The molecule has 0 radical (unpaired) electrons. The Balaban J connectivity index is 1.77. The maximum Gasteiger partial charge on any atom is 0.307 e. The molecule has 0 bridgehead atoms. The Morgan fingerprint density at radius 2 is 1.65 bits per heavy atom. The number of carboxylic acid groups (broad SMARTS) is 1. The molecule has 0 heterocycles. The van der Waals surface area contributed by atoms with Gasteiger partial charge in [0.15, 0.2) is 0 Å². The van der Waals surface area contributed by atoms with Crippen LogP contribution in [0.25, 0.3) is 11.1 Å². The Morgan fingerprint density at radius 1 is 0.923 bits per heavy atom. The van der Waals surface area contributed by atoms with E-state index in [-0.39, 0.29) is 12.3 Å². The molecule has 26 heavy (non-hydrogen) atoms. The monoisotopic (exact) mass is 345 g/mol. The molecule has 2 N–H and O–H groups in total. The lowest BCUT2D eigenvalue weighted by atomic mass is 9.99. The molecule has 0 aliphatic rings. The number of benzene rings is 3. The lowest BCUT2D eigenvalue weighted by Crippen LogP contribution is -2.12. The molecule has 0 atom stereocenters. The quantitative estimate of drug-likeness (QED) is 0.713. The zero-order valence-corrected chi connectivity index (χ0v) is 14.4. The Labute approximate surface area is 152 Å². The second-order valence-corrected chi connectivity index (χ2v) is 6.12. The van der Waals surface area contributed by atoms with Crippen molar-refractivity contribution in [3.8, 4) is 11.1 Å². The number of carboxylic acids is 1. The fraction of sp³-hybridized carbons (Fsp3) is 0.0909. The van der Waals surface area contributed by atoms with Crippen molar-refractivity contribution in [1.82, 2.24) is 0 Å². The van der Waals surface area contributed by atoms with Crippen LogP contribution in [0.5, 0.6) is 0 Å². The van der Waals surface area contributed by atoms with Gasteiger partial charge in [0.1, 0.15) is 0 Å². The van der Waals surface area contributed by atoms with Crippen LogP contribution in [0, 0.1) is 6.92 Å². The number of anilines is 1. The lowest BCUT2D eigenvalue weighted by Gasteiger charge is -2.09. The van der Waals surface area contributed by atoms with Crippen LogP contribution in [0.1, 0.15) is 21.5 Å². The van der Waals surface area contributed by atoms with E-state index in [1.807, 2.05) is 49.4 Å². The predicted octanol–water partition coefficient (Wildman–Crippen LogP) is 4.54. The summed E-state index contributed by atoms with van der Waals surface area (Å²) in [7, 11) is 0. The standard InChI is InChI=1S/C22H19NO3/c1-15-5-2-3-8-20(15)17-6-4-7-18(14-17)22(26)23-19-11-9-16(10-12-19)13-21(24)25/h2-12,14H,13H2,1H3,(H,23,26)(H,24,25). The molecule has 1 amide bonds. The van der Waals surface area contributed by atoms with Gasteiger partial charge in [0.2, 0.25) is 0 Å². The van der Waals surface area contributed by atoms with Gasteiger partial charge in [-0.3, -0.25) is 9.59 Å². The predicted molar refractivity (Wildman–Crippen MR) is 102 cm³/mol. The van der Waals surface area contributed by atoms with E-state index in [0.29, 0.717) is 16.8 Å². The maximum absolute atomic E-state index is 12.5. The maximum atomic E-state index is 12.5. The zero-order chi connectivity index (χ0) is 18.5. The van der Waals surface area contributed by atoms with E-state index >= 15 is 0 Å². The van der Waals surface area contributed by atoms with Crippen LogP contribution in [-0.4, -0.2) is 17.0 Å². The highest BCUT2D eigenvalue weighted by Crippen LogP contribution is 2.24. The van der Waals surface area contributed by atoms with E-state index in [1.165, 1.54) is 0 Å². The van der Waals surface area contributed by atoms with Gasteiger partial charge in [0.05, 0.1) is 6.42 Å². The van der Waals surface area contributed by atoms with E-state index in [9.17, 15) is 9.59 Å². The molecule has 0 aliphatic carbocycles. The minimum atomic E-state index is -0.880. The molecule has 4 heteroatoms. The first-order valence-corrected chi connectivity index (χ1v) is 8.31. The number of hydrogen-bond donors (Lipinski definition) is 2. The number of rotatable bonds is 5. The van der Waals surface area contributed by atoms with Gasteiger partial charge in [-0.25, -0.2) is 0 Å². The summed E-state index contributed by atoms with van der Waals surface area (Å²) < 4.78 is 0. The number of nitrogens with one attached hydrogen (secondary N) is 1. The third-order valence-corrected chi connectivity index (χ3v) is 4.15. The van der Waals surface area contributed by atoms with Crippen LogP contribution >= 0.6 is 0 Å². The summed E-state index contributed by atoms with van der Waals surface area (Å²) >= 11 is 0. The minimum Gasteiger partial charge on any atom is -0.481 e. The molecule has 130 valence electrons. The van der Waals surface area contributed by atoms with Gasteiger partial charge in [0.25, 0.3) is 5.91 Å². The number of aryl methyl sites for hydroxylation is 1. The fourth-order valence-corrected chi connectivity index (χ4v) is 2.81. The van der Waals surface area contributed by atoms with E-state index < -0.39 is 5.97 Å². The first kappa shape index (κ1) is 17.4. The van der Waals surface area contributed by atoms with Crippen molar-refractivity contribution in [2.75, 3.05) is 5.32 Å². The van der Waals surface area contributed by atoms with E-state index in [1.54, 1.807) is 30.3 Å². The average Bonchev–Trinajstić information content (AvgIpc) is 2.63. The van der Waals surface area contributed by atoms with Crippen LogP contribution in [0.15, 0.2) is 72.8 Å². The summed E-state index contributed by atoms with van der Waals surface area (Å²) in [5, 5.41) is 11.6. The first-order valence-electron chi connectivity index (χ1n) is 8.31. The van der Waals surface area contributed by atoms with Crippen molar-refractivity contribution in [1.29, 1.82) is 0 Å². The molecule has 4 nitrogen and oxygen atoms in total. The normalized spacial score (nSPS) is 10.3. The highest BCUT2D eigenvalue weighted by atomic mass is 16.4. The number of carbonyl (C=O) groups excluding carboxylic acids is 1. The van der Waals surface area contributed by atoms with Gasteiger partial charge in [-0.15, -0.1) is 0 Å². The second-order valence-electron chi connectivity index (χ2n) is 6.12. The Hall–Kier alpha value is -3.40. The van der Waals surface area contributed by atoms with Crippen molar-refractivity contribution in [3.63, 3.8) is 0 Å². The summed E-state index contributed by atoms with van der Waals surface area (Å²) in [5.74, 6) is -1.08. The number of aliphatic carboxylic acids is 1. The van der Waals surface area contributed by atoms with E-state index in [4.69, 9.17) is 5.11 Å². The Morgan fingerprint density at radius 3 is 2.35 bits per heavy atom. The van der Waals surface area contributed by atoms with Gasteiger partial charge in [-0.1, -0.05) is 48.5 Å². The number of hydrogen-bond acceptors (Lipinski definition) is 2. The lowest BCUT2D eigenvalue weighted by molar-refractivity contribution is -0.136. The third-order valence-electron chi connectivity index (χ3n) is 4.15. The summed E-state index contributed by atoms with van der Waals surface area (Å²) in [6.45, 7) is 2.04. The highest BCUT2D eigenvalue weighted by molar-refractivity contribution is 6.05. The fourth-order valence-electron chi connectivity index (χ4n) is 2.81. The molecule has 0 aromatic heterocycles. The van der Waals surface area contributed by atoms with Gasteiger partial charge < -0.3 is 10.4 Å².